The number of benzene rings is 2. The van der Waals surface area contributed by atoms with Crippen molar-refractivity contribution in [3.05, 3.63) is 89.5 Å². The molecule has 0 spiro atoms. The van der Waals surface area contributed by atoms with Gasteiger partial charge in [0.25, 0.3) is 5.91 Å². The van der Waals surface area contributed by atoms with Gasteiger partial charge in [0, 0.05) is 42.1 Å². The number of fused-ring (bicyclic) bond motifs is 1. The van der Waals surface area contributed by atoms with Gasteiger partial charge < -0.3 is 29.2 Å². The molecule has 0 saturated carbocycles. The van der Waals surface area contributed by atoms with Gasteiger partial charge in [0.1, 0.15) is 6.04 Å². The maximum atomic E-state index is 14.2. The van der Waals surface area contributed by atoms with Crippen LogP contribution in [0.2, 0.25) is 0 Å². The number of thioether (sulfide) groups is 1. The molecule has 11 nitrogen and oxygen atoms in total. The summed E-state index contributed by atoms with van der Waals surface area (Å²) in [6, 6.07) is 14.7. The van der Waals surface area contributed by atoms with E-state index in [0.29, 0.717) is 39.4 Å². The van der Waals surface area contributed by atoms with Gasteiger partial charge in [-0.05, 0) is 61.4 Å². The molecule has 0 radical (unpaired) electrons. The molecule has 2 aromatic heterocycles. The van der Waals surface area contributed by atoms with Gasteiger partial charge in [-0.2, -0.15) is 0 Å². The molecule has 1 aliphatic rings. The monoisotopic (exact) mass is 601 g/mol. The highest BCUT2D eigenvalue weighted by Crippen LogP contribution is 2.36. The topological polar surface area (TPSA) is 125 Å². The molecule has 1 atom stereocenters. The minimum atomic E-state index is -1.06. The molecule has 1 N–H and O–H groups in total. The second-order valence-corrected chi connectivity index (χ2v) is 10.6. The first kappa shape index (κ1) is 29.6. The van der Waals surface area contributed by atoms with Gasteiger partial charge in [-0.1, -0.05) is 23.9 Å². The number of carbonyl (C=O) groups is 2. The third-order valence-electron chi connectivity index (χ3n) is 6.61. The van der Waals surface area contributed by atoms with Crippen LogP contribution in [0, 0.1) is 13.8 Å². The molecule has 0 bridgehead atoms. The number of aryl methyl sites for hydroxylation is 2. The fourth-order valence-corrected chi connectivity index (χ4v) is 5.50. The van der Waals surface area contributed by atoms with Crippen LogP contribution >= 0.6 is 11.8 Å². The van der Waals surface area contributed by atoms with Crippen LogP contribution in [-0.2, 0) is 16.1 Å². The van der Waals surface area contributed by atoms with E-state index in [1.54, 1.807) is 54.9 Å². The van der Waals surface area contributed by atoms with Crippen molar-refractivity contribution in [3.8, 4) is 23.0 Å². The highest BCUT2D eigenvalue weighted by Gasteiger charge is 2.33. The highest BCUT2D eigenvalue weighted by atomic mass is 32.2. The average molecular weight is 602 g/mol. The number of nitrogens with one attached hydrogen (secondary N) is 1. The zero-order valence-corrected chi connectivity index (χ0v) is 25.0. The average Bonchev–Trinajstić information content (AvgIpc) is 3.47. The lowest BCUT2D eigenvalue weighted by molar-refractivity contribution is -0.137. The van der Waals surface area contributed by atoms with Crippen LogP contribution in [-0.4, -0.2) is 58.4 Å². The molecule has 0 saturated heterocycles. The van der Waals surface area contributed by atoms with Crippen LogP contribution in [0.15, 0.2) is 72.1 Å². The van der Waals surface area contributed by atoms with Crippen LogP contribution < -0.4 is 24.3 Å². The summed E-state index contributed by atoms with van der Waals surface area (Å²) in [6.07, 6.45) is 3.32. The number of hydrogen-bond donors (Lipinski definition) is 1. The van der Waals surface area contributed by atoms with E-state index in [4.69, 9.17) is 18.9 Å². The number of amides is 2. The first-order chi connectivity index (χ1) is 20.8. The molecular formula is C31H31N5O6S. The Bertz CT molecular complexity index is 1600. The molecule has 12 heteroatoms. The van der Waals surface area contributed by atoms with Crippen molar-refractivity contribution in [2.75, 3.05) is 32.1 Å². The van der Waals surface area contributed by atoms with Gasteiger partial charge in [0.05, 0.1) is 20.0 Å². The van der Waals surface area contributed by atoms with Gasteiger partial charge in [-0.15, -0.1) is 0 Å². The zero-order valence-electron chi connectivity index (χ0n) is 24.2. The standard InChI is InChI=1S/C31H31N5O6S/c1-19-12-20(2)34-31(33-19)43-17-28(37)36(16-21-6-5-11-32-15-21)29(22-7-9-24(39-3)26(13-22)40-4)30(38)35-23-8-10-25-27(14-23)42-18-41-25/h5-15,29H,16-18H2,1-4H3,(H,35,38). The Kier molecular flexibility index (Phi) is 9.26. The fraction of sp³-hybridized carbons (Fsp3) is 0.258. The van der Waals surface area contributed by atoms with Crippen molar-refractivity contribution < 1.29 is 28.5 Å². The number of carbonyl (C=O) groups excluding carboxylic acids is 2. The van der Waals surface area contributed by atoms with E-state index < -0.39 is 11.9 Å². The number of aromatic nitrogens is 3. The van der Waals surface area contributed by atoms with Crippen LogP contribution in [0.3, 0.4) is 0 Å². The summed E-state index contributed by atoms with van der Waals surface area (Å²) in [4.78, 5) is 42.9. The number of methoxy groups -OCH3 is 2. The molecule has 222 valence electrons. The minimum Gasteiger partial charge on any atom is -0.493 e. The first-order valence-electron chi connectivity index (χ1n) is 13.4. The predicted molar refractivity (Wildman–Crippen MR) is 160 cm³/mol. The number of nitrogens with zero attached hydrogens (tertiary/aromatic N) is 4. The van der Waals surface area contributed by atoms with Crippen LogP contribution in [0.25, 0.3) is 0 Å². The summed E-state index contributed by atoms with van der Waals surface area (Å²) in [6.45, 7) is 3.98. The fourth-order valence-electron chi connectivity index (χ4n) is 4.66. The summed E-state index contributed by atoms with van der Waals surface area (Å²) in [5, 5.41) is 3.44. The molecule has 0 aliphatic carbocycles. The molecule has 1 aliphatic heterocycles. The SMILES string of the molecule is COc1ccc(C(C(=O)Nc2ccc3c(c2)OCO3)N(Cc2cccnc2)C(=O)CSc2nc(C)cc(C)n2)cc1OC. The molecule has 2 aromatic carbocycles. The number of anilines is 1. The number of ether oxygens (including phenoxy) is 4. The lowest BCUT2D eigenvalue weighted by Crippen LogP contribution is -2.42. The quantitative estimate of drug-likeness (QED) is 0.190. The Morgan fingerprint density at radius 1 is 0.977 bits per heavy atom. The molecular weight excluding hydrogens is 570 g/mol. The Morgan fingerprint density at radius 3 is 2.47 bits per heavy atom. The van der Waals surface area contributed by atoms with Gasteiger partial charge in [-0.3, -0.25) is 14.6 Å². The van der Waals surface area contributed by atoms with Gasteiger partial charge in [0.15, 0.2) is 28.2 Å². The van der Waals surface area contributed by atoms with Crippen molar-refractivity contribution in [1.29, 1.82) is 0 Å². The van der Waals surface area contributed by atoms with E-state index in [-0.39, 0.29) is 25.0 Å². The smallest absolute Gasteiger partial charge is 0.251 e. The van der Waals surface area contributed by atoms with E-state index >= 15 is 0 Å². The van der Waals surface area contributed by atoms with Crippen molar-refractivity contribution in [2.24, 2.45) is 0 Å². The van der Waals surface area contributed by atoms with Crippen LogP contribution in [0.1, 0.15) is 28.6 Å². The third-order valence-corrected chi connectivity index (χ3v) is 7.44. The molecule has 5 rings (SSSR count). The predicted octanol–water partition coefficient (Wildman–Crippen LogP) is 4.74. The molecule has 4 aromatic rings. The molecule has 43 heavy (non-hydrogen) atoms. The second kappa shape index (κ2) is 13.4. The summed E-state index contributed by atoms with van der Waals surface area (Å²) < 4.78 is 21.9. The largest absolute Gasteiger partial charge is 0.493 e. The van der Waals surface area contributed by atoms with E-state index in [0.717, 1.165) is 17.0 Å². The maximum absolute atomic E-state index is 14.2. The van der Waals surface area contributed by atoms with Gasteiger partial charge in [0.2, 0.25) is 12.7 Å². The normalized spacial score (nSPS) is 12.4. The number of rotatable bonds is 11. The lowest BCUT2D eigenvalue weighted by atomic mass is 10.0. The Morgan fingerprint density at radius 2 is 1.74 bits per heavy atom. The van der Waals surface area contributed by atoms with E-state index in [1.165, 1.54) is 30.9 Å². The van der Waals surface area contributed by atoms with E-state index in [9.17, 15) is 9.59 Å². The third kappa shape index (κ3) is 7.15. The Labute approximate surface area is 253 Å². The Hall–Kier alpha value is -4.84. The van der Waals surface area contributed by atoms with E-state index in [1.807, 2.05) is 26.0 Å². The zero-order chi connectivity index (χ0) is 30.3. The summed E-state index contributed by atoms with van der Waals surface area (Å²) in [5.41, 5.74) is 3.39. The number of hydrogen-bond acceptors (Lipinski definition) is 10. The van der Waals surface area contributed by atoms with Crippen molar-refractivity contribution in [1.82, 2.24) is 19.9 Å². The lowest BCUT2D eigenvalue weighted by Gasteiger charge is -2.32. The van der Waals surface area contributed by atoms with E-state index in [2.05, 4.69) is 20.3 Å². The highest BCUT2D eigenvalue weighted by molar-refractivity contribution is 7.99. The number of pyridine rings is 1. The molecule has 3 heterocycles. The van der Waals surface area contributed by atoms with Crippen molar-refractivity contribution in [2.45, 2.75) is 31.6 Å². The van der Waals surface area contributed by atoms with Gasteiger partial charge in [-0.25, -0.2) is 9.97 Å². The molecule has 1 unspecified atom stereocenters. The van der Waals surface area contributed by atoms with Crippen molar-refractivity contribution in [3.63, 3.8) is 0 Å². The minimum absolute atomic E-state index is 0.00422. The molecule has 2 amide bonds. The second-order valence-electron chi connectivity index (χ2n) is 9.68. The van der Waals surface area contributed by atoms with Crippen molar-refractivity contribution >= 4 is 29.3 Å². The summed E-state index contributed by atoms with van der Waals surface area (Å²) in [7, 11) is 3.05. The summed E-state index contributed by atoms with van der Waals surface area (Å²) in [5.74, 6) is 1.31. The first-order valence-corrected chi connectivity index (χ1v) is 14.4. The molecule has 0 fully saturated rings. The van der Waals surface area contributed by atoms with Gasteiger partial charge >= 0.3 is 0 Å². The Balaban J connectivity index is 1.52. The van der Waals surface area contributed by atoms with Crippen LogP contribution in [0.5, 0.6) is 23.0 Å². The summed E-state index contributed by atoms with van der Waals surface area (Å²) >= 11 is 1.22. The van der Waals surface area contributed by atoms with Crippen LogP contribution in [0.4, 0.5) is 5.69 Å². The maximum Gasteiger partial charge on any atom is 0.251 e.